The van der Waals surface area contributed by atoms with Crippen LogP contribution in [0.25, 0.3) is 0 Å². The summed E-state index contributed by atoms with van der Waals surface area (Å²) in [5.41, 5.74) is 1.87. The van der Waals surface area contributed by atoms with E-state index >= 15 is 0 Å². The number of nitrogens with one attached hydrogen (secondary N) is 1. The van der Waals surface area contributed by atoms with Crippen LogP contribution in [-0.4, -0.2) is 22.4 Å². The number of carbonyl (C=O) groups is 1. The van der Waals surface area contributed by atoms with Crippen LogP contribution in [0.15, 0.2) is 60.9 Å². The van der Waals surface area contributed by atoms with Gasteiger partial charge in [0.2, 0.25) is 5.95 Å². The van der Waals surface area contributed by atoms with Crippen LogP contribution >= 0.6 is 23.2 Å². The molecule has 0 radical (unpaired) electrons. The number of halogens is 2. The van der Waals surface area contributed by atoms with Gasteiger partial charge in [0.05, 0.1) is 16.3 Å². The van der Waals surface area contributed by atoms with Crippen molar-refractivity contribution in [1.29, 1.82) is 0 Å². The van der Waals surface area contributed by atoms with E-state index in [0.717, 1.165) is 5.69 Å². The van der Waals surface area contributed by atoms with Gasteiger partial charge in [-0.05, 0) is 37.3 Å². The first-order valence-corrected chi connectivity index (χ1v) is 8.75. The lowest BCUT2D eigenvalue weighted by molar-refractivity contribution is 0.0987. The fraction of sp³-hybridized carbons (Fsp3) is 0.105. The second-order valence-corrected chi connectivity index (χ2v) is 6.27. The summed E-state index contributed by atoms with van der Waals surface area (Å²) in [5, 5.41) is 4.01. The number of rotatable bonds is 5. The number of aromatic nitrogens is 2. The number of carbonyl (C=O) groups excluding carboxylic acids is 1. The summed E-state index contributed by atoms with van der Waals surface area (Å²) in [6.07, 6.45) is 2.99. The van der Waals surface area contributed by atoms with Gasteiger partial charge in [0.1, 0.15) is 0 Å². The molecule has 3 rings (SSSR count). The van der Waals surface area contributed by atoms with Crippen molar-refractivity contribution < 1.29 is 4.79 Å². The Hall–Kier alpha value is -2.63. The third-order valence-electron chi connectivity index (χ3n) is 3.71. The molecule has 1 N–H and O–H groups in total. The lowest BCUT2D eigenvalue weighted by Gasteiger charge is -2.20. The third kappa shape index (κ3) is 4.12. The molecule has 0 unspecified atom stereocenters. The summed E-state index contributed by atoms with van der Waals surface area (Å²) in [5.74, 6) is 0.184. The van der Waals surface area contributed by atoms with E-state index in [1.54, 1.807) is 23.1 Å². The van der Waals surface area contributed by atoms with Gasteiger partial charge in [-0.15, -0.1) is 0 Å². The van der Waals surface area contributed by atoms with Crippen LogP contribution in [0.3, 0.4) is 0 Å². The fourth-order valence-electron chi connectivity index (χ4n) is 2.42. The summed E-state index contributed by atoms with van der Waals surface area (Å²) in [6.45, 7) is 2.47. The topological polar surface area (TPSA) is 58.1 Å². The van der Waals surface area contributed by atoms with E-state index in [9.17, 15) is 4.79 Å². The third-order valence-corrected chi connectivity index (χ3v) is 4.25. The molecule has 0 aliphatic heterocycles. The summed E-state index contributed by atoms with van der Waals surface area (Å²) in [4.78, 5) is 22.8. The number of benzene rings is 2. The monoisotopic (exact) mass is 386 g/mol. The average molecular weight is 387 g/mol. The SMILES string of the molecule is CCN(C(=O)c1cnc(Nc2ccc(Cl)cc2Cl)nc1)c1ccccc1. The van der Waals surface area contributed by atoms with Crippen molar-refractivity contribution in [3.05, 3.63) is 76.5 Å². The lowest BCUT2D eigenvalue weighted by Crippen LogP contribution is -2.30. The molecule has 0 fully saturated rings. The maximum absolute atomic E-state index is 12.7. The molecule has 0 spiro atoms. The van der Waals surface area contributed by atoms with Crippen molar-refractivity contribution in [2.45, 2.75) is 6.92 Å². The van der Waals surface area contributed by atoms with E-state index < -0.39 is 0 Å². The van der Waals surface area contributed by atoms with Gasteiger partial charge in [0.15, 0.2) is 0 Å². The number of hydrogen-bond acceptors (Lipinski definition) is 4. The molecule has 0 saturated carbocycles. The van der Waals surface area contributed by atoms with Gasteiger partial charge in [0.25, 0.3) is 5.91 Å². The highest BCUT2D eigenvalue weighted by atomic mass is 35.5. The quantitative estimate of drug-likeness (QED) is 0.654. The fourth-order valence-corrected chi connectivity index (χ4v) is 2.88. The highest BCUT2D eigenvalue weighted by Gasteiger charge is 2.17. The van der Waals surface area contributed by atoms with E-state index in [-0.39, 0.29) is 5.91 Å². The zero-order valence-electron chi connectivity index (χ0n) is 14.0. The smallest absolute Gasteiger partial charge is 0.261 e. The number of anilines is 3. The second-order valence-electron chi connectivity index (χ2n) is 5.43. The Morgan fingerprint density at radius 3 is 2.38 bits per heavy atom. The number of hydrogen-bond donors (Lipinski definition) is 1. The summed E-state index contributed by atoms with van der Waals surface area (Å²) < 4.78 is 0. The maximum atomic E-state index is 12.7. The summed E-state index contributed by atoms with van der Waals surface area (Å²) in [7, 11) is 0. The van der Waals surface area contributed by atoms with Crippen molar-refractivity contribution in [2.24, 2.45) is 0 Å². The van der Waals surface area contributed by atoms with Crippen LogP contribution in [0, 0.1) is 0 Å². The standard InChI is InChI=1S/C19H16Cl2N4O/c1-2-25(15-6-4-3-5-7-15)18(26)13-11-22-19(23-12-13)24-17-9-8-14(20)10-16(17)21/h3-12H,2H2,1H3,(H,22,23,24). The van der Waals surface area contributed by atoms with E-state index in [1.807, 2.05) is 37.3 Å². The molecule has 0 atom stereocenters. The number of amides is 1. The molecule has 0 aliphatic carbocycles. The first-order chi connectivity index (χ1) is 12.6. The Morgan fingerprint density at radius 2 is 1.77 bits per heavy atom. The molecule has 5 nitrogen and oxygen atoms in total. The van der Waals surface area contributed by atoms with Crippen LogP contribution in [0.5, 0.6) is 0 Å². The Labute approximate surface area is 161 Å². The van der Waals surface area contributed by atoms with E-state index in [4.69, 9.17) is 23.2 Å². The first kappa shape index (κ1) is 18.2. The first-order valence-electron chi connectivity index (χ1n) is 7.99. The van der Waals surface area contributed by atoms with Gasteiger partial charge in [-0.3, -0.25) is 4.79 Å². The molecule has 0 aliphatic rings. The highest BCUT2D eigenvalue weighted by Crippen LogP contribution is 2.27. The van der Waals surface area contributed by atoms with Gasteiger partial charge < -0.3 is 10.2 Å². The summed E-state index contributed by atoms with van der Waals surface area (Å²) in [6, 6.07) is 14.6. The maximum Gasteiger partial charge on any atom is 0.261 e. The van der Waals surface area contributed by atoms with Crippen molar-refractivity contribution >= 4 is 46.4 Å². The van der Waals surface area contributed by atoms with Gasteiger partial charge in [0, 0.05) is 29.6 Å². The Kier molecular flexibility index (Phi) is 5.71. The van der Waals surface area contributed by atoms with Crippen LogP contribution in [0.2, 0.25) is 10.0 Å². The molecule has 3 aromatic rings. The van der Waals surface area contributed by atoms with Gasteiger partial charge >= 0.3 is 0 Å². The molecule has 1 amide bonds. The molecule has 26 heavy (non-hydrogen) atoms. The molecule has 1 heterocycles. The minimum absolute atomic E-state index is 0.158. The van der Waals surface area contributed by atoms with Gasteiger partial charge in [-0.2, -0.15) is 0 Å². The van der Waals surface area contributed by atoms with Crippen molar-refractivity contribution in [1.82, 2.24) is 9.97 Å². The Balaban J connectivity index is 1.77. The van der Waals surface area contributed by atoms with E-state index in [2.05, 4.69) is 15.3 Å². The van der Waals surface area contributed by atoms with Crippen molar-refractivity contribution in [3.8, 4) is 0 Å². The minimum Gasteiger partial charge on any atom is -0.323 e. The predicted molar refractivity (Wildman–Crippen MR) is 106 cm³/mol. The van der Waals surface area contributed by atoms with Crippen LogP contribution < -0.4 is 10.2 Å². The largest absolute Gasteiger partial charge is 0.323 e. The lowest BCUT2D eigenvalue weighted by atomic mass is 10.2. The van der Waals surface area contributed by atoms with Crippen LogP contribution in [0.1, 0.15) is 17.3 Å². The van der Waals surface area contributed by atoms with E-state index in [0.29, 0.717) is 33.8 Å². The molecule has 1 aromatic heterocycles. The Morgan fingerprint density at radius 1 is 1.08 bits per heavy atom. The average Bonchev–Trinajstić information content (AvgIpc) is 2.66. The zero-order chi connectivity index (χ0) is 18.5. The van der Waals surface area contributed by atoms with Crippen LogP contribution in [-0.2, 0) is 0 Å². The molecule has 0 saturated heterocycles. The van der Waals surface area contributed by atoms with Crippen molar-refractivity contribution in [2.75, 3.05) is 16.8 Å². The predicted octanol–water partition coefficient (Wildman–Crippen LogP) is 5.19. The number of nitrogens with zero attached hydrogens (tertiary/aromatic N) is 3. The van der Waals surface area contributed by atoms with Crippen LogP contribution in [0.4, 0.5) is 17.3 Å². The molecular weight excluding hydrogens is 371 g/mol. The zero-order valence-corrected chi connectivity index (χ0v) is 15.5. The normalized spacial score (nSPS) is 10.4. The molecule has 0 bridgehead atoms. The Bertz CT molecular complexity index is 901. The van der Waals surface area contributed by atoms with Gasteiger partial charge in [-0.1, -0.05) is 41.4 Å². The summed E-state index contributed by atoms with van der Waals surface area (Å²) >= 11 is 12.0. The molecule has 132 valence electrons. The molecule has 2 aromatic carbocycles. The van der Waals surface area contributed by atoms with Crippen molar-refractivity contribution in [3.63, 3.8) is 0 Å². The minimum atomic E-state index is -0.158. The highest BCUT2D eigenvalue weighted by molar-refractivity contribution is 6.36. The number of para-hydroxylation sites is 1. The molecular formula is C19H16Cl2N4O. The van der Waals surface area contributed by atoms with E-state index in [1.165, 1.54) is 12.4 Å². The molecule has 7 heteroatoms. The van der Waals surface area contributed by atoms with Gasteiger partial charge in [-0.25, -0.2) is 9.97 Å². The second kappa shape index (κ2) is 8.17.